The number of hydrogen-bond donors (Lipinski definition) is 0. The minimum atomic E-state index is -1.25. The molecule has 5 heteroatoms. The fourth-order valence-electron chi connectivity index (χ4n) is 9.41. The summed E-state index contributed by atoms with van der Waals surface area (Å²) in [5.74, 6) is 3.91. The van der Waals surface area contributed by atoms with E-state index in [9.17, 15) is 14.0 Å². The van der Waals surface area contributed by atoms with Crippen LogP contribution in [0.5, 0.6) is 0 Å². The van der Waals surface area contributed by atoms with Crippen molar-refractivity contribution in [2.24, 2.45) is 46.3 Å². The Labute approximate surface area is 218 Å². The fraction of sp³-hybridized carbons (Fsp3) is 0.871. The molecular formula is C31H49FO4. The molecule has 4 aliphatic rings. The average Bonchev–Trinajstić information content (AvgIpc) is 3.12. The number of halogens is 1. The zero-order valence-corrected chi connectivity index (χ0v) is 23.7. The van der Waals surface area contributed by atoms with E-state index >= 15 is 0 Å². The monoisotopic (exact) mass is 504 g/mol. The number of fused-ring (bicyclic) bond motifs is 5. The Morgan fingerprint density at radius 2 is 1.75 bits per heavy atom. The van der Waals surface area contributed by atoms with Gasteiger partial charge in [0.05, 0.1) is 0 Å². The van der Waals surface area contributed by atoms with E-state index in [0.29, 0.717) is 30.6 Å². The lowest BCUT2D eigenvalue weighted by Crippen LogP contribution is -2.53. The summed E-state index contributed by atoms with van der Waals surface area (Å²) in [6.45, 7) is 13.5. The first kappa shape index (κ1) is 27.6. The number of alkyl halides is 1. The molecule has 4 aliphatic carbocycles. The lowest BCUT2D eigenvalue weighted by Gasteiger charge is -2.60. The predicted molar refractivity (Wildman–Crippen MR) is 140 cm³/mol. The van der Waals surface area contributed by atoms with Crippen LogP contribution in [0.2, 0.25) is 0 Å². The standard InChI is InChI=1S/C31H49FO4/c1-19(28(36-21(3)34)14-15-29(4,5)32)25-10-11-26-24-9-8-22-18-23(35-20(2)33)12-16-30(22,6)27(24)13-17-31(25,26)7/h12,19,22,24-28H,8-11,13-18H2,1-7H3/t19-,22?,24-,25+,26-,27-,28?,30-,31+/m0/s1. The minimum Gasteiger partial charge on any atom is -0.462 e. The molecular weight excluding hydrogens is 455 g/mol. The summed E-state index contributed by atoms with van der Waals surface area (Å²) in [5, 5.41) is 0. The number of rotatable bonds is 7. The molecule has 0 N–H and O–H groups in total. The van der Waals surface area contributed by atoms with Crippen LogP contribution >= 0.6 is 0 Å². The Morgan fingerprint density at radius 1 is 1.06 bits per heavy atom. The third kappa shape index (κ3) is 5.27. The van der Waals surface area contributed by atoms with Crippen molar-refractivity contribution < 1.29 is 23.5 Å². The van der Waals surface area contributed by atoms with E-state index in [-0.39, 0.29) is 34.8 Å². The number of ether oxygens (including phenoxy) is 2. The van der Waals surface area contributed by atoms with Crippen molar-refractivity contribution in [3.63, 3.8) is 0 Å². The lowest BCUT2D eigenvalue weighted by molar-refractivity contribution is -0.154. The van der Waals surface area contributed by atoms with Gasteiger partial charge in [-0.2, -0.15) is 0 Å². The highest BCUT2D eigenvalue weighted by Gasteiger charge is 2.60. The largest absolute Gasteiger partial charge is 0.462 e. The number of esters is 2. The van der Waals surface area contributed by atoms with Gasteiger partial charge in [0.15, 0.2) is 0 Å². The first-order chi connectivity index (χ1) is 16.7. The second-order valence-corrected chi connectivity index (χ2v) is 13.8. The lowest BCUT2D eigenvalue weighted by atomic mass is 9.45. The molecule has 0 aliphatic heterocycles. The van der Waals surface area contributed by atoms with E-state index in [0.717, 1.165) is 30.4 Å². The maximum absolute atomic E-state index is 14.3. The van der Waals surface area contributed by atoms with Gasteiger partial charge >= 0.3 is 11.9 Å². The number of allylic oxidation sites excluding steroid dienone is 2. The molecule has 0 saturated heterocycles. The van der Waals surface area contributed by atoms with Gasteiger partial charge in [-0.15, -0.1) is 0 Å². The minimum absolute atomic E-state index is 0.208. The van der Waals surface area contributed by atoms with Gasteiger partial charge < -0.3 is 9.47 Å². The molecule has 3 fully saturated rings. The third-order valence-corrected chi connectivity index (χ3v) is 11.2. The number of carbonyl (C=O) groups is 2. The third-order valence-electron chi connectivity index (χ3n) is 11.2. The molecule has 9 atom stereocenters. The SMILES string of the molecule is CC(=O)OC1=CC[C@@]2(C)C(CC[C@H]3[C@@H]4CC[C@H]([C@H](C)C(CCC(C)(C)F)OC(C)=O)[C@@]4(C)CC[C@@H]32)C1. The Morgan fingerprint density at radius 3 is 2.39 bits per heavy atom. The Balaban J connectivity index is 1.50. The highest BCUT2D eigenvalue weighted by atomic mass is 19.1. The van der Waals surface area contributed by atoms with Gasteiger partial charge in [-0.1, -0.05) is 20.8 Å². The zero-order valence-electron chi connectivity index (χ0n) is 23.7. The zero-order chi connectivity index (χ0) is 26.5. The van der Waals surface area contributed by atoms with Crippen molar-refractivity contribution in [2.75, 3.05) is 0 Å². The first-order valence-electron chi connectivity index (χ1n) is 14.5. The Hall–Kier alpha value is -1.39. The molecule has 3 saturated carbocycles. The van der Waals surface area contributed by atoms with Crippen molar-refractivity contribution in [2.45, 2.75) is 124 Å². The van der Waals surface area contributed by atoms with E-state index in [1.54, 1.807) is 13.8 Å². The molecule has 0 radical (unpaired) electrons. The Bertz CT molecular complexity index is 874. The quantitative estimate of drug-likeness (QED) is 0.332. The van der Waals surface area contributed by atoms with Gasteiger partial charge in [-0.05, 0) is 124 Å². The van der Waals surface area contributed by atoms with Crippen LogP contribution in [-0.2, 0) is 19.1 Å². The van der Waals surface area contributed by atoms with Gasteiger partial charge in [0, 0.05) is 20.3 Å². The van der Waals surface area contributed by atoms with Crippen molar-refractivity contribution >= 4 is 11.9 Å². The summed E-state index contributed by atoms with van der Waals surface area (Å²) in [4.78, 5) is 23.5. The fourth-order valence-corrected chi connectivity index (χ4v) is 9.41. The van der Waals surface area contributed by atoms with Crippen molar-refractivity contribution in [1.82, 2.24) is 0 Å². The molecule has 0 amide bonds. The molecule has 4 nitrogen and oxygen atoms in total. The highest BCUT2D eigenvalue weighted by Crippen LogP contribution is 2.68. The van der Waals surface area contributed by atoms with Gasteiger partial charge in [-0.25, -0.2) is 4.39 Å². The highest BCUT2D eigenvalue weighted by molar-refractivity contribution is 5.67. The van der Waals surface area contributed by atoms with Crippen LogP contribution in [0.4, 0.5) is 4.39 Å². The second kappa shape index (κ2) is 10.1. The van der Waals surface area contributed by atoms with Gasteiger partial charge in [0.2, 0.25) is 0 Å². The molecule has 0 bridgehead atoms. The maximum Gasteiger partial charge on any atom is 0.307 e. The molecule has 36 heavy (non-hydrogen) atoms. The first-order valence-corrected chi connectivity index (χ1v) is 14.5. The van der Waals surface area contributed by atoms with Crippen molar-refractivity contribution in [3.05, 3.63) is 11.8 Å². The van der Waals surface area contributed by atoms with Crippen LogP contribution in [0.3, 0.4) is 0 Å². The summed E-state index contributed by atoms with van der Waals surface area (Å²) in [5.41, 5.74) is -0.721. The number of carbonyl (C=O) groups excluding carboxylic acids is 2. The molecule has 0 aromatic carbocycles. The topological polar surface area (TPSA) is 52.6 Å². The molecule has 204 valence electrons. The van der Waals surface area contributed by atoms with Crippen LogP contribution in [0.25, 0.3) is 0 Å². The van der Waals surface area contributed by atoms with Gasteiger partial charge in [0.1, 0.15) is 17.5 Å². The average molecular weight is 505 g/mol. The maximum atomic E-state index is 14.3. The van der Waals surface area contributed by atoms with E-state index < -0.39 is 5.67 Å². The van der Waals surface area contributed by atoms with E-state index in [1.165, 1.54) is 52.4 Å². The van der Waals surface area contributed by atoms with E-state index in [4.69, 9.17) is 9.47 Å². The normalized spacial score (nSPS) is 39.7. The van der Waals surface area contributed by atoms with Gasteiger partial charge in [-0.3, -0.25) is 9.59 Å². The van der Waals surface area contributed by atoms with E-state index in [2.05, 4.69) is 26.8 Å². The smallest absolute Gasteiger partial charge is 0.307 e. The summed E-state index contributed by atoms with van der Waals surface area (Å²) in [6.07, 6.45) is 12.3. The molecule has 4 rings (SSSR count). The van der Waals surface area contributed by atoms with Crippen LogP contribution in [-0.4, -0.2) is 23.7 Å². The molecule has 0 aromatic rings. The number of hydrogen-bond acceptors (Lipinski definition) is 4. The van der Waals surface area contributed by atoms with Crippen LogP contribution in [0, 0.1) is 46.3 Å². The van der Waals surface area contributed by atoms with E-state index in [1.807, 2.05) is 0 Å². The summed E-state index contributed by atoms with van der Waals surface area (Å²) in [7, 11) is 0. The summed E-state index contributed by atoms with van der Waals surface area (Å²) >= 11 is 0. The van der Waals surface area contributed by atoms with Crippen LogP contribution in [0.1, 0.15) is 113 Å². The molecule has 0 spiro atoms. The molecule has 0 aromatic heterocycles. The summed E-state index contributed by atoms with van der Waals surface area (Å²) in [6, 6.07) is 0. The molecule has 0 heterocycles. The van der Waals surface area contributed by atoms with Gasteiger partial charge in [0.25, 0.3) is 0 Å². The van der Waals surface area contributed by atoms with Crippen LogP contribution in [0.15, 0.2) is 11.8 Å². The predicted octanol–water partition coefficient (Wildman–Crippen LogP) is 7.80. The van der Waals surface area contributed by atoms with Crippen LogP contribution < -0.4 is 0 Å². The summed E-state index contributed by atoms with van der Waals surface area (Å²) < 4.78 is 25.7. The second-order valence-electron chi connectivity index (χ2n) is 13.8. The van der Waals surface area contributed by atoms with Crippen molar-refractivity contribution in [3.8, 4) is 0 Å². The molecule has 2 unspecified atom stereocenters. The Kier molecular flexibility index (Phi) is 7.72. The van der Waals surface area contributed by atoms with Crippen molar-refractivity contribution in [1.29, 1.82) is 0 Å².